The number of imidazole rings is 1. The van der Waals surface area contributed by atoms with Gasteiger partial charge in [0.1, 0.15) is 12.1 Å². The summed E-state index contributed by atoms with van der Waals surface area (Å²) in [5.41, 5.74) is 2.94. The second-order valence-electron chi connectivity index (χ2n) is 7.19. The summed E-state index contributed by atoms with van der Waals surface area (Å²) < 4.78 is 27.8. The number of aromatic nitrogens is 4. The molecule has 2 N–H and O–H groups in total. The Morgan fingerprint density at radius 3 is 2.75 bits per heavy atom. The number of anilines is 2. The summed E-state index contributed by atoms with van der Waals surface area (Å²) in [5.74, 6) is 0.614. The Kier molecular flexibility index (Phi) is 5.89. The quantitative estimate of drug-likeness (QED) is 0.427. The molecule has 2 heterocycles. The number of benzene rings is 2. The van der Waals surface area contributed by atoms with E-state index in [9.17, 15) is 13.2 Å². The highest BCUT2D eigenvalue weighted by atomic mass is 32.2. The molecule has 0 saturated carbocycles. The molecule has 10 heteroatoms. The van der Waals surface area contributed by atoms with Crippen molar-refractivity contribution < 1.29 is 8.42 Å². The van der Waals surface area contributed by atoms with Crippen LogP contribution in [0.2, 0.25) is 0 Å². The molecule has 0 aliphatic heterocycles. The highest BCUT2D eigenvalue weighted by Crippen LogP contribution is 2.25. The third-order valence-electron chi connectivity index (χ3n) is 4.85. The van der Waals surface area contributed by atoms with E-state index < -0.39 is 10.0 Å². The maximum Gasteiger partial charge on any atom is 0.332 e. The van der Waals surface area contributed by atoms with Gasteiger partial charge in [-0.05, 0) is 35.9 Å². The van der Waals surface area contributed by atoms with Crippen LogP contribution in [0.25, 0.3) is 22.7 Å². The fourth-order valence-electron chi connectivity index (χ4n) is 3.31. The van der Waals surface area contributed by atoms with Crippen LogP contribution in [0.4, 0.5) is 11.5 Å². The zero-order valence-electron chi connectivity index (χ0n) is 17.4. The highest BCUT2D eigenvalue weighted by molar-refractivity contribution is 7.88. The molecule has 32 heavy (non-hydrogen) atoms. The van der Waals surface area contributed by atoms with Crippen LogP contribution in [0.3, 0.4) is 0 Å². The average molecular weight is 451 g/mol. The Balaban J connectivity index is 1.66. The molecule has 0 unspecified atom stereocenters. The average Bonchev–Trinajstić information content (AvgIpc) is 3.13. The van der Waals surface area contributed by atoms with Crippen LogP contribution < -0.4 is 15.7 Å². The van der Waals surface area contributed by atoms with Crippen LogP contribution in [0.1, 0.15) is 5.56 Å². The van der Waals surface area contributed by atoms with Crippen molar-refractivity contribution in [3.8, 4) is 5.69 Å². The molecule has 0 saturated heterocycles. The van der Waals surface area contributed by atoms with Gasteiger partial charge in [0.2, 0.25) is 10.0 Å². The topological polar surface area (TPSA) is 111 Å². The summed E-state index contributed by atoms with van der Waals surface area (Å²) in [5, 5.41) is 4.06. The monoisotopic (exact) mass is 450 g/mol. The minimum absolute atomic E-state index is 0.131. The smallest absolute Gasteiger partial charge is 0.332 e. The van der Waals surface area contributed by atoms with E-state index >= 15 is 0 Å². The Hall–Kier alpha value is -3.76. The SMILES string of the molecule is C=Cc1cccc(Nc2ncnc3ccc(-n4ccn(CCNS(C)(=O)=O)c4=O)cc23)c1. The summed E-state index contributed by atoms with van der Waals surface area (Å²) >= 11 is 0. The molecule has 0 amide bonds. The predicted molar refractivity (Wildman–Crippen MR) is 126 cm³/mol. The molecule has 164 valence electrons. The van der Waals surface area contributed by atoms with Gasteiger partial charge in [-0.2, -0.15) is 0 Å². The third kappa shape index (κ3) is 4.76. The third-order valence-corrected chi connectivity index (χ3v) is 5.58. The van der Waals surface area contributed by atoms with Crippen molar-refractivity contribution in [3.05, 3.63) is 83.8 Å². The lowest BCUT2D eigenvalue weighted by molar-refractivity contribution is 0.575. The Bertz CT molecular complexity index is 1460. The second-order valence-corrected chi connectivity index (χ2v) is 9.02. The number of hydrogen-bond acceptors (Lipinski definition) is 6. The molecule has 0 fully saturated rings. The van der Waals surface area contributed by atoms with E-state index in [1.165, 1.54) is 15.5 Å². The van der Waals surface area contributed by atoms with E-state index in [4.69, 9.17) is 0 Å². The standard InChI is InChI=1S/C22H22N6O3S/c1-3-16-5-4-6-17(13-16)26-21-19-14-18(7-8-20(19)23-15-24-21)28-12-11-27(22(28)29)10-9-25-32(2,30)31/h3-8,11-15,25H,1,9-10H2,2H3,(H,23,24,26). The molecule has 9 nitrogen and oxygen atoms in total. The van der Waals surface area contributed by atoms with Crippen LogP contribution in [0.5, 0.6) is 0 Å². The van der Waals surface area contributed by atoms with Crippen molar-refractivity contribution in [1.82, 2.24) is 23.8 Å². The zero-order chi connectivity index (χ0) is 22.7. The van der Waals surface area contributed by atoms with Crippen LogP contribution in [-0.4, -0.2) is 40.3 Å². The first-order valence-electron chi connectivity index (χ1n) is 9.81. The maximum absolute atomic E-state index is 12.8. The molecule has 0 atom stereocenters. The Morgan fingerprint density at radius 1 is 1.12 bits per heavy atom. The van der Waals surface area contributed by atoms with Crippen molar-refractivity contribution in [1.29, 1.82) is 0 Å². The van der Waals surface area contributed by atoms with Crippen molar-refractivity contribution in [2.75, 3.05) is 18.1 Å². The normalized spacial score (nSPS) is 11.5. The van der Waals surface area contributed by atoms with E-state index in [0.29, 0.717) is 11.5 Å². The van der Waals surface area contributed by atoms with E-state index in [0.717, 1.165) is 28.4 Å². The number of hydrogen-bond donors (Lipinski definition) is 2. The van der Waals surface area contributed by atoms with Crippen LogP contribution in [-0.2, 0) is 16.6 Å². The van der Waals surface area contributed by atoms with Gasteiger partial charge in [0, 0.05) is 36.6 Å². The van der Waals surface area contributed by atoms with Crippen LogP contribution in [0.15, 0.2) is 72.6 Å². The van der Waals surface area contributed by atoms with Gasteiger partial charge in [0.15, 0.2) is 0 Å². The van der Waals surface area contributed by atoms with Crippen LogP contribution >= 0.6 is 0 Å². The van der Waals surface area contributed by atoms with Gasteiger partial charge >= 0.3 is 5.69 Å². The van der Waals surface area contributed by atoms with Gasteiger partial charge in [-0.1, -0.05) is 24.8 Å². The zero-order valence-corrected chi connectivity index (χ0v) is 18.2. The molecular weight excluding hydrogens is 428 g/mol. The van der Waals surface area contributed by atoms with Gasteiger partial charge in [-0.25, -0.2) is 27.9 Å². The van der Waals surface area contributed by atoms with Gasteiger partial charge < -0.3 is 5.32 Å². The van der Waals surface area contributed by atoms with E-state index in [1.807, 2.05) is 36.4 Å². The lowest BCUT2D eigenvalue weighted by Crippen LogP contribution is -2.30. The first-order valence-corrected chi connectivity index (χ1v) is 11.7. The summed E-state index contributed by atoms with van der Waals surface area (Å²) in [6.07, 6.45) is 7.60. The number of sulfonamides is 1. The summed E-state index contributed by atoms with van der Waals surface area (Å²) in [7, 11) is -3.31. The number of nitrogens with zero attached hydrogens (tertiary/aromatic N) is 4. The van der Waals surface area contributed by atoms with E-state index in [1.54, 1.807) is 24.5 Å². The molecule has 2 aromatic heterocycles. The second kappa shape index (κ2) is 8.77. The Morgan fingerprint density at radius 2 is 1.97 bits per heavy atom. The lowest BCUT2D eigenvalue weighted by atomic mass is 10.2. The van der Waals surface area contributed by atoms with Gasteiger partial charge in [-0.3, -0.25) is 9.13 Å². The van der Waals surface area contributed by atoms with Gasteiger partial charge in [0.05, 0.1) is 17.5 Å². The fourth-order valence-corrected chi connectivity index (χ4v) is 3.77. The first-order chi connectivity index (χ1) is 15.3. The van der Waals surface area contributed by atoms with Crippen molar-refractivity contribution in [2.45, 2.75) is 6.54 Å². The summed E-state index contributed by atoms with van der Waals surface area (Å²) in [6, 6.07) is 13.2. The molecule has 0 bridgehead atoms. The fraction of sp³-hybridized carbons (Fsp3) is 0.136. The van der Waals surface area contributed by atoms with Crippen LogP contribution in [0, 0.1) is 0 Å². The van der Waals surface area contributed by atoms with E-state index in [-0.39, 0.29) is 18.8 Å². The van der Waals surface area contributed by atoms with Crippen molar-refractivity contribution in [3.63, 3.8) is 0 Å². The minimum atomic E-state index is -3.31. The lowest BCUT2D eigenvalue weighted by Gasteiger charge is -2.10. The summed E-state index contributed by atoms with van der Waals surface area (Å²) in [4.78, 5) is 21.5. The van der Waals surface area contributed by atoms with Crippen molar-refractivity contribution in [2.24, 2.45) is 0 Å². The van der Waals surface area contributed by atoms with Gasteiger partial charge in [0.25, 0.3) is 0 Å². The molecule has 2 aromatic carbocycles. The molecule has 4 aromatic rings. The Labute approximate surface area is 185 Å². The summed E-state index contributed by atoms with van der Waals surface area (Å²) in [6.45, 7) is 4.15. The van der Waals surface area contributed by atoms with E-state index in [2.05, 4.69) is 26.6 Å². The largest absolute Gasteiger partial charge is 0.340 e. The van der Waals surface area contributed by atoms with Crippen molar-refractivity contribution >= 4 is 38.5 Å². The molecule has 0 aliphatic rings. The first kappa shape index (κ1) is 21.5. The molecule has 0 aliphatic carbocycles. The number of fused-ring (bicyclic) bond motifs is 1. The highest BCUT2D eigenvalue weighted by Gasteiger charge is 2.10. The maximum atomic E-state index is 12.8. The minimum Gasteiger partial charge on any atom is -0.340 e. The van der Waals surface area contributed by atoms with Gasteiger partial charge in [-0.15, -0.1) is 0 Å². The number of rotatable bonds is 8. The molecule has 4 rings (SSSR count). The number of nitrogens with one attached hydrogen (secondary N) is 2. The molecule has 0 spiro atoms. The molecule has 0 radical (unpaired) electrons. The predicted octanol–water partition coefficient (Wildman–Crippen LogP) is 2.52. The molecular formula is C22H22N6O3S.